The Morgan fingerprint density at radius 3 is 3.00 bits per heavy atom. The molecule has 0 unspecified atom stereocenters. The number of aromatic nitrogens is 2. The highest BCUT2D eigenvalue weighted by molar-refractivity contribution is 7.08. The van der Waals surface area contributed by atoms with Crippen LogP contribution in [0.25, 0.3) is 0 Å². The summed E-state index contributed by atoms with van der Waals surface area (Å²) < 4.78 is 3.87. The van der Waals surface area contributed by atoms with Crippen molar-refractivity contribution in [2.75, 3.05) is 19.6 Å². The number of piperazine rings is 1. The third kappa shape index (κ3) is 2.63. The summed E-state index contributed by atoms with van der Waals surface area (Å²) in [6.07, 6.45) is 0.757. The largest absolute Gasteiger partial charge is 0.335 e. The van der Waals surface area contributed by atoms with Crippen LogP contribution in [-0.2, 0) is 6.42 Å². The van der Waals surface area contributed by atoms with Gasteiger partial charge in [-0.15, -0.1) is 5.10 Å². The summed E-state index contributed by atoms with van der Waals surface area (Å²) in [4.78, 5) is 14.9. The summed E-state index contributed by atoms with van der Waals surface area (Å²) in [5, 5.41) is 7.39. The lowest BCUT2D eigenvalue weighted by atomic mass is 10.0. The van der Waals surface area contributed by atoms with E-state index in [-0.39, 0.29) is 11.4 Å². The first kappa shape index (κ1) is 12.4. The summed E-state index contributed by atoms with van der Waals surface area (Å²) in [7, 11) is 0. The van der Waals surface area contributed by atoms with E-state index in [1.165, 1.54) is 11.5 Å². The molecule has 1 fully saturated rings. The van der Waals surface area contributed by atoms with Crippen molar-refractivity contribution < 1.29 is 4.79 Å². The molecule has 0 radical (unpaired) electrons. The highest BCUT2D eigenvalue weighted by Gasteiger charge is 2.30. The third-order valence-corrected chi connectivity index (χ3v) is 3.70. The summed E-state index contributed by atoms with van der Waals surface area (Å²) in [6.45, 7) is 8.54. The van der Waals surface area contributed by atoms with Gasteiger partial charge in [0.25, 0.3) is 5.91 Å². The Kier molecular flexibility index (Phi) is 3.44. The average Bonchev–Trinajstić information content (AvgIpc) is 2.74. The Hall–Kier alpha value is -1.01. The fraction of sp³-hybridized carbons (Fsp3) is 0.727. The van der Waals surface area contributed by atoms with Crippen molar-refractivity contribution in [3.05, 3.63) is 10.6 Å². The second kappa shape index (κ2) is 4.70. The summed E-state index contributed by atoms with van der Waals surface area (Å²) >= 11 is 1.20. The lowest BCUT2D eigenvalue weighted by Gasteiger charge is -2.38. The minimum absolute atomic E-state index is 0.0155. The fourth-order valence-corrected chi connectivity index (χ4v) is 2.78. The second-order valence-electron chi connectivity index (χ2n) is 4.94. The molecule has 1 aromatic rings. The Morgan fingerprint density at radius 1 is 1.59 bits per heavy atom. The van der Waals surface area contributed by atoms with Gasteiger partial charge in [0, 0.05) is 25.2 Å². The Bertz CT molecular complexity index is 415. The molecule has 2 heterocycles. The first-order valence-electron chi connectivity index (χ1n) is 5.89. The molecule has 0 atom stereocenters. The molecule has 0 bridgehead atoms. The van der Waals surface area contributed by atoms with Gasteiger partial charge in [0.15, 0.2) is 0 Å². The van der Waals surface area contributed by atoms with E-state index >= 15 is 0 Å². The summed E-state index contributed by atoms with van der Waals surface area (Å²) in [6, 6.07) is 0. The van der Waals surface area contributed by atoms with Crippen LogP contribution in [0.3, 0.4) is 0 Å². The van der Waals surface area contributed by atoms with Gasteiger partial charge in [0.05, 0.1) is 5.69 Å². The van der Waals surface area contributed by atoms with E-state index in [9.17, 15) is 4.79 Å². The van der Waals surface area contributed by atoms with Gasteiger partial charge in [-0.2, -0.15) is 0 Å². The van der Waals surface area contributed by atoms with Crippen molar-refractivity contribution in [1.29, 1.82) is 0 Å². The zero-order chi connectivity index (χ0) is 12.5. The summed E-state index contributed by atoms with van der Waals surface area (Å²) in [5.41, 5.74) is 0.801. The predicted molar refractivity (Wildman–Crippen MR) is 67.3 cm³/mol. The standard InChI is InChI=1S/C11H18N4OS/c1-4-8-9(17-14-13-8)10(16)15-6-5-12-11(2,3)7-15/h12H,4-7H2,1-3H3. The minimum Gasteiger partial charge on any atom is -0.335 e. The molecule has 2 rings (SSSR count). The molecule has 0 saturated carbocycles. The molecule has 1 N–H and O–H groups in total. The van der Waals surface area contributed by atoms with Gasteiger partial charge in [-0.1, -0.05) is 11.4 Å². The van der Waals surface area contributed by atoms with E-state index in [1.807, 2.05) is 11.8 Å². The lowest BCUT2D eigenvalue weighted by Crippen LogP contribution is -2.58. The first-order chi connectivity index (χ1) is 8.03. The molecule has 1 saturated heterocycles. The van der Waals surface area contributed by atoms with Crippen molar-refractivity contribution in [3.8, 4) is 0 Å². The van der Waals surface area contributed by atoms with E-state index in [0.717, 1.165) is 31.7 Å². The molecule has 1 aliphatic heterocycles. The Balaban J connectivity index is 2.15. The maximum Gasteiger partial charge on any atom is 0.267 e. The molecular formula is C11H18N4OS. The number of carbonyl (C=O) groups excluding carboxylic acids is 1. The number of hydrogen-bond acceptors (Lipinski definition) is 5. The molecule has 1 aliphatic rings. The molecule has 0 spiro atoms. The van der Waals surface area contributed by atoms with Crippen molar-refractivity contribution in [2.24, 2.45) is 0 Å². The van der Waals surface area contributed by atoms with E-state index in [4.69, 9.17) is 0 Å². The zero-order valence-electron chi connectivity index (χ0n) is 10.5. The van der Waals surface area contributed by atoms with Crippen molar-refractivity contribution >= 4 is 17.4 Å². The van der Waals surface area contributed by atoms with Gasteiger partial charge >= 0.3 is 0 Å². The maximum absolute atomic E-state index is 12.4. The van der Waals surface area contributed by atoms with Crippen LogP contribution < -0.4 is 5.32 Å². The lowest BCUT2D eigenvalue weighted by molar-refractivity contribution is 0.0656. The van der Waals surface area contributed by atoms with Gasteiger partial charge in [-0.05, 0) is 31.8 Å². The van der Waals surface area contributed by atoms with Gasteiger partial charge < -0.3 is 10.2 Å². The maximum atomic E-state index is 12.4. The van der Waals surface area contributed by atoms with E-state index in [1.54, 1.807) is 0 Å². The molecule has 1 aromatic heterocycles. The molecular weight excluding hydrogens is 236 g/mol. The van der Waals surface area contributed by atoms with Crippen LogP contribution in [0.1, 0.15) is 36.1 Å². The molecule has 94 valence electrons. The van der Waals surface area contributed by atoms with Crippen LogP contribution in [0.4, 0.5) is 0 Å². The quantitative estimate of drug-likeness (QED) is 0.853. The first-order valence-corrected chi connectivity index (χ1v) is 6.66. The fourth-order valence-electron chi connectivity index (χ4n) is 2.06. The van der Waals surface area contributed by atoms with E-state index in [2.05, 4.69) is 28.8 Å². The molecule has 6 heteroatoms. The van der Waals surface area contributed by atoms with Crippen LogP contribution in [0, 0.1) is 0 Å². The van der Waals surface area contributed by atoms with Gasteiger partial charge in [0.1, 0.15) is 4.88 Å². The predicted octanol–water partition coefficient (Wildman–Crippen LogP) is 0.924. The van der Waals surface area contributed by atoms with Crippen LogP contribution in [0.2, 0.25) is 0 Å². The van der Waals surface area contributed by atoms with E-state index < -0.39 is 0 Å². The van der Waals surface area contributed by atoms with Crippen molar-refractivity contribution in [3.63, 3.8) is 0 Å². The van der Waals surface area contributed by atoms with Crippen molar-refractivity contribution in [2.45, 2.75) is 32.7 Å². The second-order valence-corrected chi connectivity index (χ2v) is 5.69. The monoisotopic (exact) mass is 254 g/mol. The van der Waals surface area contributed by atoms with Crippen LogP contribution in [0.5, 0.6) is 0 Å². The molecule has 17 heavy (non-hydrogen) atoms. The van der Waals surface area contributed by atoms with Crippen molar-refractivity contribution in [1.82, 2.24) is 19.8 Å². The normalized spacial score (nSPS) is 19.4. The molecule has 5 nitrogen and oxygen atoms in total. The number of aryl methyl sites for hydroxylation is 1. The van der Waals surface area contributed by atoms with Crippen LogP contribution in [0.15, 0.2) is 0 Å². The third-order valence-electron chi connectivity index (χ3n) is 2.94. The average molecular weight is 254 g/mol. The number of nitrogens with zero attached hydrogens (tertiary/aromatic N) is 3. The number of rotatable bonds is 2. The zero-order valence-corrected chi connectivity index (χ0v) is 11.3. The van der Waals surface area contributed by atoms with E-state index in [0.29, 0.717) is 4.88 Å². The number of carbonyl (C=O) groups is 1. The van der Waals surface area contributed by atoms with Gasteiger partial charge in [-0.3, -0.25) is 4.79 Å². The number of hydrogen-bond donors (Lipinski definition) is 1. The van der Waals surface area contributed by atoms with Crippen LogP contribution >= 0.6 is 11.5 Å². The smallest absolute Gasteiger partial charge is 0.267 e. The highest BCUT2D eigenvalue weighted by atomic mass is 32.1. The van der Waals surface area contributed by atoms with Gasteiger partial charge in [-0.25, -0.2) is 0 Å². The molecule has 0 aromatic carbocycles. The molecule has 0 aliphatic carbocycles. The molecule has 1 amide bonds. The number of amides is 1. The summed E-state index contributed by atoms with van der Waals surface area (Å²) in [5.74, 6) is 0.0754. The van der Waals surface area contributed by atoms with Gasteiger partial charge in [0.2, 0.25) is 0 Å². The Morgan fingerprint density at radius 2 is 2.35 bits per heavy atom. The SMILES string of the molecule is CCc1nnsc1C(=O)N1CCNC(C)(C)C1. The highest BCUT2D eigenvalue weighted by Crippen LogP contribution is 2.18. The Labute approximate surface area is 105 Å². The number of nitrogens with one attached hydrogen (secondary N) is 1. The topological polar surface area (TPSA) is 58.1 Å². The minimum atomic E-state index is -0.0155. The van der Waals surface area contributed by atoms with Crippen LogP contribution in [-0.4, -0.2) is 45.6 Å².